The Balaban J connectivity index is 0.000001000. The number of esters is 1. The molecule has 0 atom stereocenters. The molecule has 0 amide bonds. The molecular weight excluding hydrogens is 182 g/mol. The van der Waals surface area contributed by atoms with Crippen LogP contribution in [0.3, 0.4) is 0 Å². The normalized spacial score (nSPS) is 8.09. The third-order valence-electron chi connectivity index (χ3n) is 1.06. The molecule has 0 saturated carbocycles. The molecule has 0 unspecified atom stereocenters. The molecule has 1 rings (SSSR count). The van der Waals surface area contributed by atoms with Crippen LogP contribution in [0.15, 0.2) is 24.4 Å². The number of carbonyl (C=O) groups is 1. The zero-order valence-electron chi connectivity index (χ0n) is 5.98. The molecule has 0 aliphatic heterocycles. The van der Waals surface area contributed by atoms with Crippen molar-refractivity contribution in [1.82, 2.24) is 4.98 Å². The molecule has 0 aromatic carbocycles. The van der Waals surface area contributed by atoms with Gasteiger partial charge in [0, 0.05) is 23.6 Å². The van der Waals surface area contributed by atoms with Crippen LogP contribution in [0.25, 0.3) is 0 Å². The maximum Gasteiger partial charge on any atom is 0.356 e. The van der Waals surface area contributed by atoms with Crippen molar-refractivity contribution in [2.24, 2.45) is 0 Å². The molecule has 3 nitrogen and oxygen atoms in total. The van der Waals surface area contributed by atoms with Crippen molar-refractivity contribution in [3.63, 3.8) is 0 Å². The third kappa shape index (κ3) is 2.71. The number of aromatic nitrogens is 1. The van der Waals surface area contributed by atoms with Crippen molar-refractivity contribution < 1.29 is 26.9 Å². The molecule has 0 aliphatic carbocycles. The van der Waals surface area contributed by atoms with Crippen molar-refractivity contribution >= 4 is 5.97 Å². The van der Waals surface area contributed by atoms with E-state index in [1.165, 1.54) is 7.11 Å². The van der Waals surface area contributed by atoms with Crippen LogP contribution in [0, 0.1) is 0 Å². The quantitative estimate of drug-likeness (QED) is 0.615. The van der Waals surface area contributed by atoms with E-state index < -0.39 is 5.97 Å². The summed E-state index contributed by atoms with van der Waals surface area (Å²) < 4.78 is 4.43. The molecule has 1 heterocycles. The SMILES string of the molecule is COC(=O)c1ccccn1.[Cr]. The summed E-state index contributed by atoms with van der Waals surface area (Å²) in [6, 6.07) is 5.08. The minimum Gasteiger partial charge on any atom is -0.464 e. The molecule has 0 fully saturated rings. The van der Waals surface area contributed by atoms with E-state index in [0.717, 1.165) is 0 Å². The van der Waals surface area contributed by atoms with Crippen molar-refractivity contribution in [3.05, 3.63) is 30.1 Å². The first-order valence-corrected chi connectivity index (χ1v) is 2.84. The summed E-state index contributed by atoms with van der Waals surface area (Å²) in [5.74, 6) is -0.402. The van der Waals surface area contributed by atoms with Crippen molar-refractivity contribution in [2.75, 3.05) is 7.11 Å². The van der Waals surface area contributed by atoms with Crippen LogP contribution >= 0.6 is 0 Å². The Morgan fingerprint density at radius 3 is 2.73 bits per heavy atom. The van der Waals surface area contributed by atoms with Crippen molar-refractivity contribution in [1.29, 1.82) is 0 Å². The zero-order valence-corrected chi connectivity index (χ0v) is 7.26. The summed E-state index contributed by atoms with van der Waals surface area (Å²) in [4.78, 5) is 14.5. The van der Waals surface area contributed by atoms with E-state index in [9.17, 15) is 4.79 Å². The standard InChI is InChI=1S/C7H7NO2.Cr/c1-10-7(9)6-4-2-3-5-8-6;/h2-5H,1H3;. The fourth-order valence-electron chi connectivity index (χ4n) is 0.588. The molecule has 58 valence electrons. The fourth-order valence-corrected chi connectivity index (χ4v) is 0.588. The van der Waals surface area contributed by atoms with Gasteiger partial charge in [-0.15, -0.1) is 0 Å². The topological polar surface area (TPSA) is 39.2 Å². The Kier molecular flexibility index (Phi) is 4.51. The first-order valence-electron chi connectivity index (χ1n) is 2.84. The summed E-state index contributed by atoms with van der Waals surface area (Å²) in [5.41, 5.74) is 0.338. The molecule has 0 bridgehead atoms. The average Bonchev–Trinajstić information content (AvgIpc) is 2.05. The van der Waals surface area contributed by atoms with E-state index in [1.54, 1.807) is 24.4 Å². The number of hydrogen-bond acceptors (Lipinski definition) is 3. The van der Waals surface area contributed by atoms with Crippen LogP contribution in [0.1, 0.15) is 10.5 Å². The molecule has 1 aromatic heterocycles. The van der Waals surface area contributed by atoms with E-state index in [-0.39, 0.29) is 17.4 Å². The van der Waals surface area contributed by atoms with Gasteiger partial charge in [0.2, 0.25) is 0 Å². The summed E-state index contributed by atoms with van der Waals surface area (Å²) in [5, 5.41) is 0. The molecule has 4 heteroatoms. The molecule has 0 aliphatic rings. The van der Waals surface area contributed by atoms with Crippen LogP contribution in [0.5, 0.6) is 0 Å². The van der Waals surface area contributed by atoms with E-state index >= 15 is 0 Å². The first kappa shape index (κ1) is 10.2. The van der Waals surface area contributed by atoms with Crippen molar-refractivity contribution in [2.45, 2.75) is 0 Å². The Morgan fingerprint density at radius 1 is 1.55 bits per heavy atom. The second kappa shape index (κ2) is 4.89. The Labute approximate surface area is 75.5 Å². The molecule has 0 saturated heterocycles. The number of pyridine rings is 1. The maximum absolute atomic E-state index is 10.7. The van der Waals surface area contributed by atoms with Gasteiger partial charge < -0.3 is 4.74 Å². The van der Waals surface area contributed by atoms with E-state index in [0.29, 0.717) is 5.69 Å². The Morgan fingerprint density at radius 2 is 2.27 bits per heavy atom. The number of nitrogens with zero attached hydrogens (tertiary/aromatic N) is 1. The smallest absolute Gasteiger partial charge is 0.356 e. The summed E-state index contributed by atoms with van der Waals surface area (Å²) >= 11 is 0. The van der Waals surface area contributed by atoms with E-state index in [1.807, 2.05) is 0 Å². The average molecular weight is 189 g/mol. The largest absolute Gasteiger partial charge is 0.464 e. The van der Waals surface area contributed by atoms with Crippen LogP contribution in [0.2, 0.25) is 0 Å². The van der Waals surface area contributed by atoms with Gasteiger partial charge in [-0.25, -0.2) is 9.78 Å². The zero-order chi connectivity index (χ0) is 7.40. The van der Waals surface area contributed by atoms with Gasteiger partial charge in [-0.2, -0.15) is 0 Å². The molecule has 0 radical (unpaired) electrons. The molecule has 11 heavy (non-hydrogen) atoms. The second-order valence-corrected chi connectivity index (χ2v) is 1.71. The predicted octanol–water partition coefficient (Wildman–Crippen LogP) is 0.866. The summed E-state index contributed by atoms with van der Waals surface area (Å²) in [6.45, 7) is 0. The molecule has 0 N–H and O–H groups in total. The molecule has 0 spiro atoms. The van der Waals surface area contributed by atoms with Gasteiger partial charge in [0.1, 0.15) is 5.69 Å². The Hall–Kier alpha value is -0.848. The molecular formula is C7H7CrNO2. The van der Waals surface area contributed by atoms with Gasteiger partial charge in [-0.05, 0) is 12.1 Å². The number of methoxy groups -OCH3 is 1. The summed E-state index contributed by atoms with van der Waals surface area (Å²) in [6.07, 6.45) is 1.55. The van der Waals surface area contributed by atoms with Crippen LogP contribution in [0.4, 0.5) is 0 Å². The van der Waals surface area contributed by atoms with Crippen LogP contribution < -0.4 is 0 Å². The van der Waals surface area contributed by atoms with Gasteiger partial charge in [-0.1, -0.05) is 6.07 Å². The van der Waals surface area contributed by atoms with E-state index in [4.69, 9.17) is 0 Å². The minimum atomic E-state index is -0.402. The monoisotopic (exact) mass is 189 g/mol. The Bertz CT molecular complexity index is 225. The molecule has 1 aromatic rings. The maximum atomic E-state index is 10.7. The van der Waals surface area contributed by atoms with E-state index in [2.05, 4.69) is 9.72 Å². The first-order chi connectivity index (χ1) is 4.84. The summed E-state index contributed by atoms with van der Waals surface area (Å²) in [7, 11) is 1.33. The van der Waals surface area contributed by atoms with Crippen LogP contribution in [-0.2, 0) is 22.1 Å². The number of hydrogen-bond donors (Lipinski definition) is 0. The third-order valence-corrected chi connectivity index (χ3v) is 1.06. The number of ether oxygens (including phenoxy) is 1. The van der Waals surface area contributed by atoms with Crippen LogP contribution in [-0.4, -0.2) is 18.1 Å². The second-order valence-electron chi connectivity index (χ2n) is 1.71. The van der Waals surface area contributed by atoms with Gasteiger partial charge in [0.25, 0.3) is 0 Å². The van der Waals surface area contributed by atoms with Crippen molar-refractivity contribution in [3.8, 4) is 0 Å². The van der Waals surface area contributed by atoms with Gasteiger partial charge >= 0.3 is 5.97 Å². The van der Waals surface area contributed by atoms with Gasteiger partial charge in [0.15, 0.2) is 0 Å². The van der Waals surface area contributed by atoms with Gasteiger partial charge in [0.05, 0.1) is 7.11 Å². The number of carbonyl (C=O) groups excluding carboxylic acids is 1. The predicted molar refractivity (Wildman–Crippen MR) is 35.6 cm³/mol. The minimum absolute atomic E-state index is 0. The number of rotatable bonds is 1. The van der Waals surface area contributed by atoms with Gasteiger partial charge in [-0.3, -0.25) is 0 Å². The fraction of sp³-hybridized carbons (Fsp3) is 0.143.